The largest absolute Gasteiger partial charge is 0.493 e. The number of nitrogens with zero attached hydrogens (tertiary/aromatic N) is 1. The van der Waals surface area contributed by atoms with Gasteiger partial charge in [-0.2, -0.15) is 5.26 Å². The van der Waals surface area contributed by atoms with Crippen molar-refractivity contribution in [1.29, 1.82) is 5.26 Å². The zero-order chi connectivity index (χ0) is 13.4. The maximum absolute atomic E-state index is 10.5. The molecular formula is C15H19NO2. The zero-order valence-electron chi connectivity index (χ0n) is 11.2. The first-order valence-corrected chi connectivity index (χ1v) is 6.28. The number of ether oxygens (including phenoxy) is 1. The average molecular weight is 245 g/mol. The number of rotatable bonds is 0. The first-order chi connectivity index (χ1) is 8.37. The van der Waals surface area contributed by atoms with Gasteiger partial charge in [0.15, 0.2) is 5.60 Å². The van der Waals surface area contributed by atoms with Crippen LogP contribution in [-0.4, -0.2) is 11.7 Å². The number of aliphatic hydroxyl groups is 1. The molecule has 0 bridgehead atoms. The molecule has 1 aromatic rings. The van der Waals surface area contributed by atoms with Gasteiger partial charge in [0.05, 0.1) is 6.61 Å². The van der Waals surface area contributed by atoms with Crippen LogP contribution in [0.2, 0.25) is 0 Å². The quantitative estimate of drug-likeness (QED) is 0.715. The standard InChI is InChI=1S/C15H19NO2/c1-14(2,3)11-5-6-13-12(9-11)15(17,10-16)7-4-8-18-13/h5-6,9,17H,4,7-8H2,1-3H3. The first kappa shape index (κ1) is 12.9. The molecule has 0 saturated heterocycles. The van der Waals surface area contributed by atoms with Gasteiger partial charge in [-0.15, -0.1) is 0 Å². The summed E-state index contributed by atoms with van der Waals surface area (Å²) in [6.45, 7) is 6.87. The van der Waals surface area contributed by atoms with Crippen LogP contribution in [0, 0.1) is 11.3 Å². The van der Waals surface area contributed by atoms with Crippen LogP contribution < -0.4 is 4.74 Å². The Morgan fingerprint density at radius 2 is 2.11 bits per heavy atom. The minimum atomic E-state index is -1.42. The third kappa shape index (κ3) is 2.21. The minimum Gasteiger partial charge on any atom is -0.493 e. The van der Waals surface area contributed by atoms with Crippen LogP contribution in [0.5, 0.6) is 5.75 Å². The Hall–Kier alpha value is -1.53. The second-order valence-corrected chi connectivity index (χ2v) is 5.89. The summed E-state index contributed by atoms with van der Waals surface area (Å²) in [4.78, 5) is 0. The molecule has 1 aromatic carbocycles. The maximum Gasteiger partial charge on any atom is 0.180 e. The van der Waals surface area contributed by atoms with Crippen molar-refractivity contribution in [2.45, 2.75) is 44.6 Å². The molecule has 3 heteroatoms. The van der Waals surface area contributed by atoms with Crippen molar-refractivity contribution in [2.24, 2.45) is 0 Å². The normalized spacial score (nSPS) is 23.5. The fourth-order valence-electron chi connectivity index (χ4n) is 2.21. The molecule has 1 aliphatic rings. The summed E-state index contributed by atoms with van der Waals surface area (Å²) < 4.78 is 5.60. The summed E-state index contributed by atoms with van der Waals surface area (Å²) in [6, 6.07) is 7.80. The maximum atomic E-state index is 10.5. The van der Waals surface area contributed by atoms with Gasteiger partial charge in [-0.1, -0.05) is 26.8 Å². The lowest BCUT2D eigenvalue weighted by atomic mass is 9.82. The molecule has 3 nitrogen and oxygen atoms in total. The van der Waals surface area contributed by atoms with Crippen molar-refractivity contribution in [3.63, 3.8) is 0 Å². The smallest absolute Gasteiger partial charge is 0.180 e. The summed E-state index contributed by atoms with van der Waals surface area (Å²) in [5.74, 6) is 0.629. The van der Waals surface area contributed by atoms with Crippen molar-refractivity contribution in [3.05, 3.63) is 29.3 Å². The Balaban J connectivity index is 2.58. The van der Waals surface area contributed by atoms with E-state index in [1.807, 2.05) is 24.3 Å². The van der Waals surface area contributed by atoms with E-state index in [0.717, 1.165) is 5.56 Å². The van der Waals surface area contributed by atoms with Crippen LogP contribution in [0.1, 0.15) is 44.7 Å². The molecule has 1 heterocycles. The lowest BCUT2D eigenvalue weighted by Gasteiger charge is -2.24. The van der Waals surface area contributed by atoms with Crippen LogP contribution in [0.3, 0.4) is 0 Å². The summed E-state index contributed by atoms with van der Waals surface area (Å²) in [5, 5.41) is 19.7. The molecule has 0 spiro atoms. The van der Waals surface area contributed by atoms with E-state index in [9.17, 15) is 10.4 Å². The van der Waals surface area contributed by atoms with E-state index in [4.69, 9.17) is 4.74 Å². The van der Waals surface area contributed by atoms with E-state index in [2.05, 4.69) is 20.8 Å². The van der Waals surface area contributed by atoms with Gasteiger partial charge in [-0.05, 0) is 36.0 Å². The van der Waals surface area contributed by atoms with Gasteiger partial charge >= 0.3 is 0 Å². The van der Waals surface area contributed by atoms with Crippen molar-refractivity contribution >= 4 is 0 Å². The topological polar surface area (TPSA) is 53.2 Å². The second kappa shape index (κ2) is 4.29. The Bertz CT molecular complexity index is 496. The van der Waals surface area contributed by atoms with E-state index in [0.29, 0.717) is 30.8 Å². The highest BCUT2D eigenvalue weighted by molar-refractivity contribution is 5.46. The van der Waals surface area contributed by atoms with E-state index in [1.54, 1.807) is 0 Å². The molecule has 0 radical (unpaired) electrons. The van der Waals surface area contributed by atoms with E-state index < -0.39 is 5.60 Å². The molecule has 1 unspecified atom stereocenters. The second-order valence-electron chi connectivity index (χ2n) is 5.89. The molecule has 1 atom stereocenters. The highest BCUT2D eigenvalue weighted by Gasteiger charge is 2.35. The van der Waals surface area contributed by atoms with Crippen molar-refractivity contribution in [1.82, 2.24) is 0 Å². The first-order valence-electron chi connectivity index (χ1n) is 6.28. The molecule has 0 aliphatic carbocycles. The fourth-order valence-corrected chi connectivity index (χ4v) is 2.21. The van der Waals surface area contributed by atoms with Gasteiger partial charge in [0, 0.05) is 5.56 Å². The summed E-state index contributed by atoms with van der Waals surface area (Å²) >= 11 is 0. The molecule has 0 saturated carbocycles. The molecule has 0 amide bonds. The molecule has 0 fully saturated rings. The van der Waals surface area contributed by atoms with Gasteiger partial charge < -0.3 is 9.84 Å². The Morgan fingerprint density at radius 1 is 1.39 bits per heavy atom. The summed E-state index contributed by atoms with van der Waals surface area (Å²) in [5.41, 5.74) is 0.264. The highest BCUT2D eigenvalue weighted by Crippen LogP contribution is 2.38. The molecule has 18 heavy (non-hydrogen) atoms. The number of hydrogen-bond donors (Lipinski definition) is 1. The number of fused-ring (bicyclic) bond motifs is 1. The van der Waals surface area contributed by atoms with E-state index in [-0.39, 0.29) is 5.41 Å². The van der Waals surface area contributed by atoms with E-state index >= 15 is 0 Å². The highest BCUT2D eigenvalue weighted by atomic mass is 16.5. The van der Waals surface area contributed by atoms with Gasteiger partial charge in [0.25, 0.3) is 0 Å². The number of hydrogen-bond acceptors (Lipinski definition) is 3. The Labute approximate surface area is 108 Å². The van der Waals surface area contributed by atoms with Gasteiger partial charge in [-0.3, -0.25) is 0 Å². The predicted molar refractivity (Wildman–Crippen MR) is 69.4 cm³/mol. The van der Waals surface area contributed by atoms with Crippen LogP contribution in [0.4, 0.5) is 0 Å². The lowest BCUT2D eigenvalue weighted by Crippen LogP contribution is -2.23. The SMILES string of the molecule is CC(C)(C)c1ccc2c(c1)C(O)(C#N)CCCO2. The van der Waals surface area contributed by atoms with Gasteiger partial charge in [0.1, 0.15) is 11.8 Å². The lowest BCUT2D eigenvalue weighted by molar-refractivity contribution is 0.0883. The molecule has 1 N–H and O–H groups in total. The van der Waals surface area contributed by atoms with Gasteiger partial charge in [0.2, 0.25) is 0 Å². The van der Waals surface area contributed by atoms with Crippen molar-refractivity contribution < 1.29 is 9.84 Å². The van der Waals surface area contributed by atoms with E-state index in [1.165, 1.54) is 0 Å². The fraction of sp³-hybridized carbons (Fsp3) is 0.533. The predicted octanol–water partition coefficient (Wildman–Crippen LogP) is 2.87. The summed E-state index contributed by atoms with van der Waals surface area (Å²) in [6.07, 6.45) is 1.10. The third-order valence-electron chi connectivity index (χ3n) is 3.42. The molecule has 1 aliphatic heterocycles. The monoisotopic (exact) mass is 245 g/mol. The average Bonchev–Trinajstić information content (AvgIpc) is 2.48. The number of benzene rings is 1. The Kier molecular flexibility index (Phi) is 3.08. The van der Waals surface area contributed by atoms with Crippen LogP contribution in [0.25, 0.3) is 0 Å². The molecule has 2 rings (SSSR count). The molecule has 0 aromatic heterocycles. The minimum absolute atomic E-state index is 0.0162. The molecule has 96 valence electrons. The van der Waals surface area contributed by atoms with Crippen molar-refractivity contribution in [3.8, 4) is 11.8 Å². The van der Waals surface area contributed by atoms with Crippen LogP contribution >= 0.6 is 0 Å². The van der Waals surface area contributed by atoms with Crippen molar-refractivity contribution in [2.75, 3.05) is 6.61 Å². The molecular weight excluding hydrogens is 226 g/mol. The Morgan fingerprint density at radius 3 is 2.72 bits per heavy atom. The van der Waals surface area contributed by atoms with Crippen LogP contribution in [0.15, 0.2) is 18.2 Å². The summed E-state index contributed by atoms with van der Waals surface area (Å²) in [7, 11) is 0. The third-order valence-corrected chi connectivity index (χ3v) is 3.42. The van der Waals surface area contributed by atoms with Gasteiger partial charge in [-0.25, -0.2) is 0 Å². The van der Waals surface area contributed by atoms with Crippen LogP contribution in [-0.2, 0) is 11.0 Å². The number of nitriles is 1. The zero-order valence-corrected chi connectivity index (χ0v) is 11.2.